The number of piperidine rings is 2. The highest BCUT2D eigenvalue weighted by Gasteiger charge is 2.44. The van der Waals surface area contributed by atoms with Crippen LogP contribution in [0, 0.1) is 16.7 Å². The number of imide groups is 1. The number of hydrogen-bond donors (Lipinski definition) is 2. The van der Waals surface area contributed by atoms with Gasteiger partial charge < -0.3 is 34.4 Å². The molecule has 4 amide bonds. The third kappa shape index (κ3) is 10.6. The summed E-state index contributed by atoms with van der Waals surface area (Å²) in [6, 6.07) is 13.6. The number of carbonyl (C=O) groups excluding carboxylic acids is 5. The SMILES string of the molecule is CCOc1cc(-c2ccc(N3CCC(CN4CCN(C)CC4)(C(=O)NC(C)C)CC3)nc2)c2c(C#N)cnn2c1.O=CCCN1CCN(c2ccc3c(c2)CN(C2CCC(=O)NC2=O)C3=O)CC1. The van der Waals surface area contributed by atoms with Gasteiger partial charge in [-0.15, -0.1) is 0 Å². The van der Waals surface area contributed by atoms with Crippen LogP contribution in [-0.2, 0) is 25.7 Å². The second kappa shape index (κ2) is 21.3. The number of rotatable bonds is 13. The number of fused-ring (bicyclic) bond motifs is 2. The molecule has 8 heterocycles. The van der Waals surface area contributed by atoms with Gasteiger partial charge >= 0.3 is 0 Å². The average molecular weight is 929 g/mol. The van der Waals surface area contributed by atoms with Crippen LogP contribution in [-0.4, -0.2) is 168 Å². The van der Waals surface area contributed by atoms with E-state index in [4.69, 9.17) is 9.72 Å². The Labute approximate surface area is 398 Å². The van der Waals surface area contributed by atoms with Crippen LogP contribution in [0.2, 0.25) is 0 Å². The van der Waals surface area contributed by atoms with Crippen molar-refractivity contribution in [3.8, 4) is 22.9 Å². The monoisotopic (exact) mass is 929 g/mol. The second-order valence-electron chi connectivity index (χ2n) is 18.9. The molecule has 0 saturated carbocycles. The molecule has 18 nitrogen and oxygen atoms in total. The molecule has 68 heavy (non-hydrogen) atoms. The molecule has 4 fully saturated rings. The molecule has 0 bridgehead atoms. The lowest BCUT2D eigenvalue weighted by molar-refractivity contribution is -0.137. The molecule has 5 aliphatic rings. The Balaban J connectivity index is 0.000000196. The maximum absolute atomic E-state index is 13.5. The lowest BCUT2D eigenvalue weighted by Gasteiger charge is -2.45. The zero-order valence-electron chi connectivity index (χ0n) is 39.8. The summed E-state index contributed by atoms with van der Waals surface area (Å²) >= 11 is 0. The largest absolute Gasteiger partial charge is 0.492 e. The van der Waals surface area contributed by atoms with E-state index in [1.165, 1.54) is 0 Å². The van der Waals surface area contributed by atoms with Crippen LogP contribution in [0.4, 0.5) is 11.5 Å². The third-order valence-corrected chi connectivity index (χ3v) is 14.0. The van der Waals surface area contributed by atoms with Gasteiger partial charge in [0, 0.05) is 133 Å². The summed E-state index contributed by atoms with van der Waals surface area (Å²) in [7, 11) is 2.16. The summed E-state index contributed by atoms with van der Waals surface area (Å²) in [5.41, 5.74) is 5.25. The van der Waals surface area contributed by atoms with Gasteiger partial charge in [0.2, 0.25) is 17.7 Å². The summed E-state index contributed by atoms with van der Waals surface area (Å²) in [4.78, 5) is 78.4. The number of pyridine rings is 2. The van der Waals surface area contributed by atoms with Crippen LogP contribution >= 0.6 is 0 Å². The van der Waals surface area contributed by atoms with Crippen molar-refractivity contribution in [3.63, 3.8) is 0 Å². The Morgan fingerprint density at radius 1 is 0.956 bits per heavy atom. The van der Waals surface area contributed by atoms with E-state index in [1.54, 1.807) is 21.8 Å². The van der Waals surface area contributed by atoms with Crippen LogP contribution in [0.5, 0.6) is 5.75 Å². The van der Waals surface area contributed by atoms with Crippen LogP contribution in [0.1, 0.15) is 74.4 Å². The van der Waals surface area contributed by atoms with E-state index in [2.05, 4.69) is 53.3 Å². The molecule has 9 rings (SSSR count). The molecule has 5 aliphatic heterocycles. The number of nitrogens with one attached hydrogen (secondary N) is 2. The predicted octanol–water partition coefficient (Wildman–Crippen LogP) is 3.18. The number of anilines is 2. The van der Waals surface area contributed by atoms with Crippen molar-refractivity contribution in [3.05, 3.63) is 71.7 Å². The van der Waals surface area contributed by atoms with E-state index >= 15 is 0 Å². The molecule has 3 aromatic heterocycles. The van der Waals surface area contributed by atoms with E-state index in [1.807, 2.05) is 63.4 Å². The Bertz CT molecular complexity index is 2510. The first kappa shape index (κ1) is 48.1. The third-order valence-electron chi connectivity index (χ3n) is 14.0. The van der Waals surface area contributed by atoms with E-state index < -0.39 is 11.5 Å². The first-order valence-electron chi connectivity index (χ1n) is 24.0. The van der Waals surface area contributed by atoms with Gasteiger partial charge in [0.15, 0.2) is 0 Å². The van der Waals surface area contributed by atoms with Crippen LogP contribution < -0.4 is 25.2 Å². The molecule has 2 N–H and O–H groups in total. The van der Waals surface area contributed by atoms with Gasteiger partial charge in [0.25, 0.3) is 5.91 Å². The van der Waals surface area contributed by atoms with E-state index in [9.17, 15) is 29.2 Å². The minimum Gasteiger partial charge on any atom is -0.492 e. The highest BCUT2D eigenvalue weighted by molar-refractivity contribution is 6.05. The molecule has 4 saturated heterocycles. The molecular formula is C50H64N12O6. The van der Waals surface area contributed by atoms with Gasteiger partial charge in [-0.25, -0.2) is 9.50 Å². The number of benzene rings is 1. The first-order valence-corrected chi connectivity index (χ1v) is 24.0. The van der Waals surface area contributed by atoms with Crippen molar-refractivity contribution < 1.29 is 28.7 Å². The maximum atomic E-state index is 13.5. The molecule has 18 heteroatoms. The van der Waals surface area contributed by atoms with E-state index in [0.717, 1.165) is 131 Å². The Morgan fingerprint density at radius 2 is 1.71 bits per heavy atom. The molecule has 0 aliphatic carbocycles. The smallest absolute Gasteiger partial charge is 0.255 e. The molecule has 0 radical (unpaired) electrons. The fraction of sp³-hybridized carbons (Fsp3) is 0.520. The fourth-order valence-electron chi connectivity index (χ4n) is 10.1. The number of ether oxygens (including phenoxy) is 1. The van der Waals surface area contributed by atoms with Crippen molar-refractivity contribution in [2.75, 3.05) is 102 Å². The molecule has 360 valence electrons. The van der Waals surface area contributed by atoms with Crippen molar-refractivity contribution in [1.29, 1.82) is 5.26 Å². The highest BCUT2D eigenvalue weighted by Crippen LogP contribution is 2.37. The standard InChI is InChI=1S/C30H40N8O2.C20H24N4O4/c1-5-40-25-16-26(28-24(17-31)19-33-38(28)20-25)23-6-7-27(32-18-23)37-10-8-30(9-11-37,29(39)34-22(2)3)21-36-14-12-35(4)13-15-36;25-11-1-6-22-7-9-23(10-8-22)15-2-3-16-14(12-15)13-24(20(16)28)17-4-5-18(26)21-19(17)27/h6-7,16,18-20,22H,5,8-15,21H2,1-4H3,(H,34,39);2-3,11-12,17H,1,4-10,13H2,(H,21,26,27). The number of amides is 4. The van der Waals surface area contributed by atoms with Crippen molar-refractivity contribution >= 4 is 46.9 Å². The number of likely N-dealkylation sites (N-methyl/N-ethyl adjacent to an activating group) is 1. The number of aromatic nitrogens is 3. The molecular weight excluding hydrogens is 865 g/mol. The molecule has 1 atom stereocenters. The number of nitrogens with zero attached hydrogens (tertiary/aromatic N) is 10. The Kier molecular flexibility index (Phi) is 15.0. The topological polar surface area (TPSA) is 192 Å². The summed E-state index contributed by atoms with van der Waals surface area (Å²) in [6.45, 7) is 17.8. The highest BCUT2D eigenvalue weighted by atomic mass is 16.5. The predicted molar refractivity (Wildman–Crippen MR) is 257 cm³/mol. The minimum absolute atomic E-state index is 0.120. The van der Waals surface area contributed by atoms with Crippen LogP contribution in [0.3, 0.4) is 0 Å². The summed E-state index contributed by atoms with van der Waals surface area (Å²) in [6.07, 6.45) is 8.97. The van der Waals surface area contributed by atoms with Crippen molar-refractivity contribution in [2.24, 2.45) is 5.41 Å². The van der Waals surface area contributed by atoms with Gasteiger partial charge in [-0.05, 0) is 89.0 Å². The maximum Gasteiger partial charge on any atom is 0.255 e. The van der Waals surface area contributed by atoms with Crippen molar-refractivity contribution in [1.82, 2.24) is 44.8 Å². The van der Waals surface area contributed by atoms with E-state index in [0.29, 0.717) is 42.9 Å². The van der Waals surface area contributed by atoms with Crippen LogP contribution in [0.25, 0.3) is 16.6 Å². The molecule has 1 aromatic carbocycles. The summed E-state index contributed by atoms with van der Waals surface area (Å²) in [5.74, 6) is 0.955. The minimum atomic E-state index is -0.581. The number of piperazine rings is 2. The normalized spacial score (nSPS) is 20.1. The average Bonchev–Trinajstić information content (AvgIpc) is 3.91. The molecule has 1 unspecified atom stereocenters. The van der Waals surface area contributed by atoms with Gasteiger partial charge in [0.05, 0.1) is 35.5 Å². The zero-order chi connectivity index (χ0) is 48.0. The van der Waals surface area contributed by atoms with Crippen LogP contribution in [0.15, 0.2) is 55.0 Å². The molecule has 4 aromatic rings. The first-order chi connectivity index (χ1) is 32.9. The van der Waals surface area contributed by atoms with Crippen molar-refractivity contribution in [2.45, 2.75) is 71.5 Å². The van der Waals surface area contributed by atoms with Gasteiger partial charge in [-0.1, -0.05) is 0 Å². The lowest BCUT2D eigenvalue weighted by Crippen LogP contribution is -2.57. The zero-order valence-corrected chi connectivity index (χ0v) is 39.8. The quantitative estimate of drug-likeness (QED) is 0.147. The summed E-state index contributed by atoms with van der Waals surface area (Å²) < 4.78 is 7.44. The Hall–Kier alpha value is -6.42. The van der Waals surface area contributed by atoms with Gasteiger partial charge in [-0.3, -0.25) is 34.3 Å². The van der Waals surface area contributed by atoms with E-state index in [-0.39, 0.29) is 36.1 Å². The van der Waals surface area contributed by atoms with Gasteiger partial charge in [-0.2, -0.15) is 10.4 Å². The second-order valence-corrected chi connectivity index (χ2v) is 18.9. The number of hydrogen-bond acceptors (Lipinski definition) is 14. The summed E-state index contributed by atoms with van der Waals surface area (Å²) in [5, 5.41) is 19.5. The molecule has 0 spiro atoms. The van der Waals surface area contributed by atoms with Gasteiger partial charge in [0.1, 0.15) is 30.0 Å². The Morgan fingerprint density at radius 3 is 2.37 bits per heavy atom. The fourth-order valence-corrected chi connectivity index (χ4v) is 10.1. The number of carbonyl (C=O) groups is 5. The lowest BCUT2D eigenvalue weighted by atomic mass is 9.76. The number of aldehydes is 1. The number of nitriles is 1.